The molecule has 1 aliphatic carbocycles. The lowest BCUT2D eigenvalue weighted by molar-refractivity contribution is -0.118. The van der Waals surface area contributed by atoms with Crippen molar-refractivity contribution in [1.82, 2.24) is 0 Å². The monoisotopic (exact) mass is 307 g/mol. The minimum Gasteiger partial charge on any atom is -0.370 e. The Morgan fingerprint density at radius 1 is 1.05 bits per heavy atom. The Labute approximate surface area is 137 Å². The smallest absolute Gasteiger partial charge is 0.217 e. The van der Waals surface area contributed by atoms with Gasteiger partial charge in [-0.3, -0.25) is 4.79 Å². The molecule has 0 bridgehead atoms. The third kappa shape index (κ3) is 9.27. The molecule has 2 heteroatoms. The van der Waals surface area contributed by atoms with E-state index in [0.29, 0.717) is 6.42 Å². The van der Waals surface area contributed by atoms with Crippen LogP contribution in [0.2, 0.25) is 0 Å². The summed E-state index contributed by atoms with van der Waals surface area (Å²) in [6.45, 7) is 2.27. The quantitative estimate of drug-likeness (QED) is 0.341. The van der Waals surface area contributed by atoms with E-state index in [1.807, 2.05) is 0 Å². The molecule has 2 unspecified atom stereocenters. The summed E-state index contributed by atoms with van der Waals surface area (Å²) < 4.78 is 0. The van der Waals surface area contributed by atoms with Crippen LogP contribution in [0.4, 0.5) is 0 Å². The van der Waals surface area contributed by atoms with Crippen molar-refractivity contribution < 1.29 is 4.79 Å². The van der Waals surface area contributed by atoms with E-state index in [-0.39, 0.29) is 5.91 Å². The minimum atomic E-state index is -0.153. The number of hydrogen-bond donors (Lipinski definition) is 1. The van der Waals surface area contributed by atoms with Crippen LogP contribution in [0.1, 0.15) is 96.8 Å². The highest BCUT2D eigenvalue weighted by Gasteiger charge is 2.24. The molecule has 1 aliphatic rings. The van der Waals surface area contributed by atoms with Crippen LogP contribution < -0.4 is 5.73 Å². The standard InChI is InChI=1S/C20H37NO/c1-2-3-4-5-6-9-13-18-15-12-16-19(18)14-10-7-8-11-17-20(21)22/h9,13,18-19H,2-8,10-12,14-17H2,1H3,(H2,21,22)/b13-9+. The fourth-order valence-corrected chi connectivity index (χ4v) is 3.70. The molecule has 2 nitrogen and oxygen atoms in total. The van der Waals surface area contributed by atoms with Crippen LogP contribution in [0, 0.1) is 11.8 Å². The molecule has 2 N–H and O–H groups in total. The number of primary amides is 1. The third-order valence-corrected chi connectivity index (χ3v) is 5.07. The summed E-state index contributed by atoms with van der Waals surface area (Å²) in [5.74, 6) is 1.61. The summed E-state index contributed by atoms with van der Waals surface area (Å²) in [5.41, 5.74) is 5.16. The van der Waals surface area contributed by atoms with Gasteiger partial charge in [0.05, 0.1) is 0 Å². The summed E-state index contributed by atoms with van der Waals surface area (Å²) in [5, 5.41) is 0. The van der Waals surface area contributed by atoms with Crippen LogP contribution in [0.5, 0.6) is 0 Å². The number of allylic oxidation sites excluding steroid dienone is 2. The lowest BCUT2D eigenvalue weighted by atomic mass is 9.90. The zero-order chi connectivity index (χ0) is 16.0. The molecule has 1 rings (SSSR count). The second-order valence-corrected chi connectivity index (χ2v) is 7.05. The first-order valence-electron chi connectivity index (χ1n) is 9.69. The maximum Gasteiger partial charge on any atom is 0.217 e. The summed E-state index contributed by atoms with van der Waals surface area (Å²) in [7, 11) is 0. The second-order valence-electron chi connectivity index (χ2n) is 7.05. The van der Waals surface area contributed by atoms with E-state index in [2.05, 4.69) is 19.1 Å². The van der Waals surface area contributed by atoms with Gasteiger partial charge in [0.1, 0.15) is 0 Å². The first kappa shape index (κ1) is 19.3. The third-order valence-electron chi connectivity index (χ3n) is 5.07. The maximum atomic E-state index is 10.7. The lowest BCUT2D eigenvalue weighted by Gasteiger charge is -2.16. The van der Waals surface area contributed by atoms with Crippen LogP contribution in [0.3, 0.4) is 0 Å². The molecule has 0 heterocycles. The maximum absolute atomic E-state index is 10.7. The fourth-order valence-electron chi connectivity index (χ4n) is 3.70. The van der Waals surface area contributed by atoms with Gasteiger partial charge in [0.25, 0.3) is 0 Å². The molecule has 1 fully saturated rings. The zero-order valence-corrected chi connectivity index (χ0v) is 14.7. The van der Waals surface area contributed by atoms with E-state index in [1.54, 1.807) is 0 Å². The van der Waals surface area contributed by atoms with E-state index in [9.17, 15) is 4.79 Å². The van der Waals surface area contributed by atoms with Gasteiger partial charge in [-0.1, -0.05) is 64.0 Å². The van der Waals surface area contributed by atoms with Crippen molar-refractivity contribution in [1.29, 1.82) is 0 Å². The number of hydrogen-bond acceptors (Lipinski definition) is 1. The van der Waals surface area contributed by atoms with Crippen LogP contribution in [0.15, 0.2) is 12.2 Å². The van der Waals surface area contributed by atoms with Gasteiger partial charge < -0.3 is 5.73 Å². The predicted octanol–water partition coefficient (Wildman–Crippen LogP) is 5.76. The van der Waals surface area contributed by atoms with E-state index < -0.39 is 0 Å². The Morgan fingerprint density at radius 2 is 1.82 bits per heavy atom. The second kappa shape index (κ2) is 12.7. The van der Waals surface area contributed by atoms with Gasteiger partial charge >= 0.3 is 0 Å². The Morgan fingerprint density at radius 3 is 2.59 bits per heavy atom. The van der Waals surface area contributed by atoms with Crippen LogP contribution >= 0.6 is 0 Å². The molecule has 1 amide bonds. The molecule has 0 aromatic carbocycles. The van der Waals surface area contributed by atoms with E-state index in [0.717, 1.165) is 24.7 Å². The minimum absolute atomic E-state index is 0.153. The van der Waals surface area contributed by atoms with Crippen molar-refractivity contribution in [2.24, 2.45) is 17.6 Å². The molecule has 0 aromatic heterocycles. The Bertz CT molecular complexity index is 311. The Hall–Kier alpha value is -0.790. The average molecular weight is 308 g/mol. The van der Waals surface area contributed by atoms with Gasteiger partial charge in [-0.25, -0.2) is 0 Å². The number of amides is 1. The molecule has 2 atom stereocenters. The molecule has 128 valence electrons. The number of unbranched alkanes of at least 4 members (excludes halogenated alkanes) is 7. The van der Waals surface area contributed by atoms with Crippen molar-refractivity contribution in [3.05, 3.63) is 12.2 Å². The number of carbonyl (C=O) groups is 1. The SMILES string of the molecule is CCCCCC/C=C/C1CCCC1CCCCCCC(N)=O. The van der Waals surface area contributed by atoms with Crippen LogP contribution in [-0.2, 0) is 4.79 Å². The Kier molecular flexibility index (Phi) is 11.1. The predicted molar refractivity (Wildman–Crippen MR) is 95.6 cm³/mol. The van der Waals surface area contributed by atoms with Gasteiger partial charge in [-0.05, 0) is 50.4 Å². The van der Waals surface area contributed by atoms with Crippen LogP contribution in [0.25, 0.3) is 0 Å². The molecule has 22 heavy (non-hydrogen) atoms. The largest absolute Gasteiger partial charge is 0.370 e. The summed E-state index contributed by atoms with van der Waals surface area (Å²) in [4.78, 5) is 10.7. The fraction of sp³-hybridized carbons (Fsp3) is 0.850. The van der Waals surface area contributed by atoms with E-state index >= 15 is 0 Å². The molecule has 0 saturated heterocycles. The first-order valence-corrected chi connectivity index (χ1v) is 9.69. The topological polar surface area (TPSA) is 43.1 Å². The zero-order valence-electron chi connectivity index (χ0n) is 14.7. The van der Waals surface area contributed by atoms with Gasteiger partial charge in [-0.15, -0.1) is 0 Å². The molecule has 0 spiro atoms. The van der Waals surface area contributed by atoms with Gasteiger partial charge in [0.2, 0.25) is 5.91 Å². The molecular formula is C20H37NO. The van der Waals surface area contributed by atoms with Crippen molar-refractivity contribution >= 4 is 5.91 Å². The molecule has 0 aromatic rings. The number of nitrogens with two attached hydrogens (primary N) is 1. The summed E-state index contributed by atoms with van der Waals surface area (Å²) >= 11 is 0. The highest BCUT2D eigenvalue weighted by molar-refractivity contribution is 5.73. The number of carbonyl (C=O) groups excluding carboxylic acids is 1. The lowest BCUT2D eigenvalue weighted by Crippen LogP contribution is -2.09. The normalized spacial score (nSPS) is 21.7. The van der Waals surface area contributed by atoms with Crippen LogP contribution in [-0.4, -0.2) is 5.91 Å². The van der Waals surface area contributed by atoms with Crippen molar-refractivity contribution in [2.75, 3.05) is 0 Å². The molecule has 1 saturated carbocycles. The van der Waals surface area contributed by atoms with Crippen molar-refractivity contribution in [3.8, 4) is 0 Å². The molecule has 0 aliphatic heterocycles. The van der Waals surface area contributed by atoms with Gasteiger partial charge in [-0.2, -0.15) is 0 Å². The Balaban J connectivity index is 2.07. The van der Waals surface area contributed by atoms with E-state index in [1.165, 1.54) is 70.6 Å². The van der Waals surface area contributed by atoms with Gasteiger partial charge in [0, 0.05) is 6.42 Å². The molecular weight excluding hydrogens is 270 g/mol. The number of rotatable bonds is 13. The summed E-state index contributed by atoms with van der Waals surface area (Å²) in [6.07, 6.45) is 22.6. The average Bonchev–Trinajstić information content (AvgIpc) is 2.93. The highest BCUT2D eigenvalue weighted by atomic mass is 16.1. The van der Waals surface area contributed by atoms with Crippen molar-refractivity contribution in [2.45, 2.75) is 96.8 Å². The highest BCUT2D eigenvalue weighted by Crippen LogP contribution is 2.36. The molecule has 0 radical (unpaired) electrons. The summed E-state index contributed by atoms with van der Waals surface area (Å²) in [6, 6.07) is 0. The van der Waals surface area contributed by atoms with E-state index in [4.69, 9.17) is 5.73 Å². The van der Waals surface area contributed by atoms with Gasteiger partial charge in [0.15, 0.2) is 0 Å². The van der Waals surface area contributed by atoms with Crippen molar-refractivity contribution in [3.63, 3.8) is 0 Å². The first-order chi connectivity index (χ1) is 10.7.